The Morgan fingerprint density at radius 3 is 2.72 bits per heavy atom. The highest BCUT2D eigenvalue weighted by Gasteiger charge is 2.18. The first-order valence-electron chi connectivity index (χ1n) is 9.23. The summed E-state index contributed by atoms with van der Waals surface area (Å²) in [6, 6.07) is 0. The normalized spacial score (nSPS) is 15.4. The molecular weight excluding hydrogens is 336 g/mol. The summed E-state index contributed by atoms with van der Waals surface area (Å²) in [4.78, 5) is 22.0. The van der Waals surface area contributed by atoms with E-state index in [-0.39, 0.29) is 12.1 Å². The fourth-order valence-electron chi connectivity index (χ4n) is 2.90. The second-order valence-electron chi connectivity index (χ2n) is 6.36. The second-order valence-corrected chi connectivity index (χ2v) is 7.65. The lowest BCUT2D eigenvalue weighted by Crippen LogP contribution is -2.37. The highest BCUT2D eigenvalue weighted by atomic mass is 32.1. The number of hydrogen-bond donors (Lipinski definition) is 2. The van der Waals surface area contributed by atoms with Crippen molar-refractivity contribution in [3.05, 3.63) is 15.6 Å². The highest BCUT2D eigenvalue weighted by molar-refractivity contribution is 7.11. The molecule has 6 nitrogen and oxygen atoms in total. The minimum atomic E-state index is -0.0774. The van der Waals surface area contributed by atoms with Gasteiger partial charge in [0.2, 0.25) is 0 Å². The van der Waals surface area contributed by atoms with Crippen molar-refractivity contribution in [2.75, 3.05) is 13.1 Å². The van der Waals surface area contributed by atoms with Gasteiger partial charge in [0.1, 0.15) is 6.10 Å². The summed E-state index contributed by atoms with van der Waals surface area (Å²) in [6.07, 6.45) is 5.77. The number of aromatic nitrogens is 1. The number of hydrogen-bond acceptors (Lipinski definition) is 5. The lowest BCUT2D eigenvalue weighted by atomic mass is 10.3. The quantitative estimate of drug-likeness (QED) is 0.320. The largest absolute Gasteiger partial charge is 0.462 e. The van der Waals surface area contributed by atoms with Crippen LogP contribution in [0.4, 0.5) is 0 Å². The lowest BCUT2D eigenvalue weighted by molar-refractivity contribution is -0.148. The van der Waals surface area contributed by atoms with Gasteiger partial charge in [0.25, 0.3) is 0 Å². The zero-order valence-electron chi connectivity index (χ0n) is 15.6. The van der Waals surface area contributed by atoms with Gasteiger partial charge in [-0.2, -0.15) is 0 Å². The van der Waals surface area contributed by atoms with Gasteiger partial charge in [-0.15, -0.1) is 11.3 Å². The number of aryl methyl sites for hydroxylation is 2. The van der Waals surface area contributed by atoms with E-state index in [1.54, 1.807) is 11.3 Å². The first kappa shape index (κ1) is 19.7. The molecule has 0 atom stereocenters. The molecule has 0 saturated heterocycles. The number of ether oxygens (including phenoxy) is 1. The van der Waals surface area contributed by atoms with Gasteiger partial charge in [0.05, 0.1) is 17.2 Å². The predicted octanol–water partition coefficient (Wildman–Crippen LogP) is 3.08. The van der Waals surface area contributed by atoms with E-state index in [0.29, 0.717) is 19.5 Å². The maximum absolute atomic E-state index is 11.8. The molecule has 1 aromatic rings. The molecule has 2 N–H and O–H groups in total. The van der Waals surface area contributed by atoms with Gasteiger partial charge in [0, 0.05) is 24.4 Å². The third kappa shape index (κ3) is 7.02. The van der Waals surface area contributed by atoms with E-state index in [9.17, 15) is 4.79 Å². The summed E-state index contributed by atoms with van der Waals surface area (Å²) in [7, 11) is 0. The SMILES string of the molecule is CCNC(=NCc1sc(C)nc1C)NCCCC(=O)OC1CCCC1. The fourth-order valence-corrected chi connectivity index (χ4v) is 3.76. The number of guanidine groups is 1. The van der Waals surface area contributed by atoms with Crippen LogP contribution >= 0.6 is 11.3 Å². The van der Waals surface area contributed by atoms with Crippen LogP contribution < -0.4 is 10.6 Å². The molecule has 2 rings (SSSR count). The monoisotopic (exact) mass is 366 g/mol. The minimum Gasteiger partial charge on any atom is -0.462 e. The number of aliphatic imine (C=N–C) groups is 1. The van der Waals surface area contributed by atoms with Crippen molar-refractivity contribution in [1.82, 2.24) is 15.6 Å². The maximum atomic E-state index is 11.8. The van der Waals surface area contributed by atoms with Crippen LogP contribution in [-0.2, 0) is 16.1 Å². The minimum absolute atomic E-state index is 0.0774. The van der Waals surface area contributed by atoms with E-state index < -0.39 is 0 Å². The highest BCUT2D eigenvalue weighted by Crippen LogP contribution is 2.21. The van der Waals surface area contributed by atoms with Crippen LogP contribution in [0.15, 0.2) is 4.99 Å². The zero-order valence-corrected chi connectivity index (χ0v) is 16.4. The molecular formula is C18H30N4O2S. The molecule has 1 aromatic heterocycles. The molecule has 0 unspecified atom stereocenters. The van der Waals surface area contributed by atoms with Crippen LogP contribution in [0.2, 0.25) is 0 Å². The van der Waals surface area contributed by atoms with Crippen molar-refractivity contribution in [2.24, 2.45) is 4.99 Å². The summed E-state index contributed by atoms with van der Waals surface area (Å²) in [5, 5.41) is 7.59. The van der Waals surface area contributed by atoms with Crippen molar-refractivity contribution in [3.63, 3.8) is 0 Å². The van der Waals surface area contributed by atoms with E-state index in [4.69, 9.17) is 4.74 Å². The van der Waals surface area contributed by atoms with Crippen LogP contribution in [0.1, 0.15) is 61.0 Å². The number of esters is 1. The van der Waals surface area contributed by atoms with Crippen molar-refractivity contribution in [3.8, 4) is 0 Å². The molecule has 1 saturated carbocycles. The van der Waals surface area contributed by atoms with Crippen LogP contribution in [0.5, 0.6) is 0 Å². The van der Waals surface area contributed by atoms with Crippen LogP contribution in [0.25, 0.3) is 0 Å². The fraction of sp³-hybridized carbons (Fsp3) is 0.722. The maximum Gasteiger partial charge on any atom is 0.306 e. The Morgan fingerprint density at radius 1 is 1.32 bits per heavy atom. The van der Waals surface area contributed by atoms with Gasteiger partial charge in [-0.25, -0.2) is 9.98 Å². The Labute approximate surface area is 154 Å². The summed E-state index contributed by atoms with van der Waals surface area (Å²) in [5.74, 6) is 0.698. The lowest BCUT2D eigenvalue weighted by Gasteiger charge is -2.13. The molecule has 140 valence electrons. The molecule has 1 aliphatic rings. The first-order valence-corrected chi connectivity index (χ1v) is 10.0. The third-order valence-electron chi connectivity index (χ3n) is 4.18. The van der Waals surface area contributed by atoms with Crippen LogP contribution in [-0.4, -0.2) is 36.1 Å². The Bertz CT molecular complexity index is 580. The zero-order chi connectivity index (χ0) is 18.1. The van der Waals surface area contributed by atoms with Gasteiger partial charge >= 0.3 is 5.97 Å². The van der Waals surface area contributed by atoms with Gasteiger partial charge in [-0.1, -0.05) is 0 Å². The number of carbonyl (C=O) groups is 1. The van der Waals surface area contributed by atoms with Gasteiger partial charge < -0.3 is 15.4 Å². The standard InChI is InChI=1S/C18H30N4O2S/c1-4-19-18(21-12-16-13(2)22-14(3)25-16)20-11-7-10-17(23)24-15-8-5-6-9-15/h15H,4-12H2,1-3H3,(H2,19,20,21). The number of nitrogens with one attached hydrogen (secondary N) is 2. The Hall–Kier alpha value is -1.63. The summed E-state index contributed by atoms with van der Waals surface area (Å²) >= 11 is 1.69. The molecule has 0 aliphatic heterocycles. The van der Waals surface area contributed by atoms with Crippen molar-refractivity contribution in [1.29, 1.82) is 0 Å². The Kier molecular flexibility index (Phi) is 8.18. The summed E-state index contributed by atoms with van der Waals surface area (Å²) < 4.78 is 5.47. The number of thiazole rings is 1. The number of rotatable bonds is 8. The van der Waals surface area contributed by atoms with E-state index >= 15 is 0 Å². The molecule has 0 aromatic carbocycles. The average Bonchev–Trinajstić information content (AvgIpc) is 3.18. The Morgan fingerprint density at radius 2 is 2.08 bits per heavy atom. The second kappa shape index (κ2) is 10.4. The molecule has 1 aliphatic carbocycles. The molecule has 0 amide bonds. The van der Waals surface area contributed by atoms with Crippen LogP contribution in [0, 0.1) is 13.8 Å². The molecule has 25 heavy (non-hydrogen) atoms. The number of carbonyl (C=O) groups excluding carboxylic acids is 1. The third-order valence-corrected chi connectivity index (χ3v) is 5.23. The molecule has 0 radical (unpaired) electrons. The molecule has 7 heteroatoms. The topological polar surface area (TPSA) is 75.6 Å². The summed E-state index contributed by atoms with van der Waals surface area (Å²) in [5.41, 5.74) is 1.05. The van der Waals surface area contributed by atoms with E-state index in [1.807, 2.05) is 20.8 Å². The Balaban J connectivity index is 1.70. The van der Waals surface area contributed by atoms with E-state index in [0.717, 1.165) is 42.5 Å². The van der Waals surface area contributed by atoms with Gasteiger partial charge in [-0.05, 0) is 52.9 Å². The summed E-state index contributed by atoms with van der Waals surface area (Å²) in [6.45, 7) is 8.20. The molecule has 0 bridgehead atoms. The van der Waals surface area contributed by atoms with Gasteiger partial charge in [0.15, 0.2) is 5.96 Å². The van der Waals surface area contributed by atoms with Gasteiger partial charge in [-0.3, -0.25) is 4.79 Å². The average molecular weight is 367 g/mol. The van der Waals surface area contributed by atoms with E-state index in [2.05, 4.69) is 20.6 Å². The number of nitrogens with zero attached hydrogens (tertiary/aromatic N) is 2. The molecule has 1 fully saturated rings. The van der Waals surface area contributed by atoms with E-state index in [1.165, 1.54) is 17.7 Å². The van der Waals surface area contributed by atoms with Crippen molar-refractivity contribution < 1.29 is 9.53 Å². The molecule has 0 spiro atoms. The van der Waals surface area contributed by atoms with Crippen LogP contribution in [0.3, 0.4) is 0 Å². The predicted molar refractivity (Wildman–Crippen MR) is 102 cm³/mol. The molecule has 1 heterocycles. The first-order chi connectivity index (χ1) is 12.1. The van der Waals surface area contributed by atoms with Crippen molar-refractivity contribution >= 4 is 23.3 Å². The van der Waals surface area contributed by atoms with Crippen molar-refractivity contribution in [2.45, 2.75) is 71.9 Å². The smallest absolute Gasteiger partial charge is 0.306 e.